The van der Waals surface area contributed by atoms with E-state index < -0.39 is 10.8 Å². The minimum atomic E-state index is -0.620. The van der Waals surface area contributed by atoms with Crippen LogP contribution in [0.4, 0.5) is 11.4 Å². The first kappa shape index (κ1) is 19.6. The van der Waals surface area contributed by atoms with E-state index in [0.717, 1.165) is 11.8 Å². The molecule has 1 fully saturated rings. The molecule has 2 aromatic carbocycles. The van der Waals surface area contributed by atoms with Crippen LogP contribution < -0.4 is 10.2 Å². The predicted molar refractivity (Wildman–Crippen MR) is 106 cm³/mol. The van der Waals surface area contributed by atoms with Gasteiger partial charge in [-0.1, -0.05) is 29.8 Å². The van der Waals surface area contributed by atoms with Crippen LogP contribution in [0.25, 0.3) is 0 Å². The van der Waals surface area contributed by atoms with E-state index in [1.54, 1.807) is 4.90 Å². The van der Waals surface area contributed by atoms with Gasteiger partial charge in [0, 0.05) is 44.0 Å². The molecule has 1 saturated heterocycles. The molecule has 2 aromatic rings. The fraction of sp³-hybridized carbons (Fsp3) is 0.263. The van der Waals surface area contributed by atoms with Gasteiger partial charge in [-0.15, -0.1) is 0 Å². The van der Waals surface area contributed by atoms with Gasteiger partial charge in [-0.25, -0.2) is 0 Å². The molecule has 0 unspecified atom stereocenters. The second kappa shape index (κ2) is 8.71. The van der Waals surface area contributed by atoms with Crippen molar-refractivity contribution in [2.45, 2.75) is 0 Å². The zero-order valence-electron chi connectivity index (χ0n) is 15.0. The van der Waals surface area contributed by atoms with E-state index in [4.69, 9.17) is 11.6 Å². The molecule has 3 rings (SSSR count). The summed E-state index contributed by atoms with van der Waals surface area (Å²) in [6.07, 6.45) is 0. The first-order valence-electron chi connectivity index (χ1n) is 8.75. The number of rotatable bonds is 5. The minimum Gasteiger partial charge on any atom is -0.368 e. The van der Waals surface area contributed by atoms with E-state index in [2.05, 4.69) is 10.2 Å². The Balaban J connectivity index is 1.53. The second-order valence-electron chi connectivity index (χ2n) is 6.31. The molecule has 0 aliphatic carbocycles. The maximum Gasteiger partial charge on any atom is 0.270 e. The summed E-state index contributed by atoms with van der Waals surface area (Å²) in [4.78, 5) is 38.8. The molecule has 0 atom stereocenters. The lowest BCUT2D eigenvalue weighted by molar-refractivity contribution is -0.384. The van der Waals surface area contributed by atoms with Gasteiger partial charge in [0.25, 0.3) is 11.6 Å². The monoisotopic (exact) mass is 402 g/mol. The highest BCUT2D eigenvalue weighted by molar-refractivity contribution is 6.34. The van der Waals surface area contributed by atoms with Crippen molar-refractivity contribution in [3.05, 3.63) is 69.2 Å². The van der Waals surface area contributed by atoms with E-state index in [1.807, 2.05) is 30.3 Å². The average Bonchev–Trinajstić information content (AvgIpc) is 2.72. The Morgan fingerprint density at radius 3 is 2.39 bits per heavy atom. The lowest BCUT2D eigenvalue weighted by atomic mass is 10.2. The molecule has 1 heterocycles. The predicted octanol–water partition coefficient (Wildman–Crippen LogP) is 2.33. The van der Waals surface area contributed by atoms with Crippen molar-refractivity contribution in [2.24, 2.45) is 0 Å². The van der Waals surface area contributed by atoms with Crippen LogP contribution in [-0.4, -0.2) is 54.4 Å². The summed E-state index contributed by atoms with van der Waals surface area (Å²) in [5.74, 6) is -0.826. The number of hydrogen-bond donors (Lipinski definition) is 1. The van der Waals surface area contributed by atoms with Gasteiger partial charge in [-0.05, 0) is 18.2 Å². The number of halogens is 1. The Kier molecular flexibility index (Phi) is 6.10. The zero-order valence-corrected chi connectivity index (χ0v) is 15.8. The van der Waals surface area contributed by atoms with Crippen molar-refractivity contribution < 1.29 is 14.5 Å². The number of nitrogens with one attached hydrogen (secondary N) is 1. The van der Waals surface area contributed by atoms with Crippen LogP contribution in [-0.2, 0) is 4.79 Å². The van der Waals surface area contributed by atoms with Crippen molar-refractivity contribution in [3.63, 3.8) is 0 Å². The number of carbonyl (C=O) groups excluding carboxylic acids is 2. The third kappa shape index (κ3) is 4.58. The van der Waals surface area contributed by atoms with Gasteiger partial charge in [0.05, 0.1) is 22.1 Å². The van der Waals surface area contributed by atoms with Crippen LogP contribution in [0.2, 0.25) is 5.02 Å². The molecule has 2 amide bonds. The SMILES string of the molecule is O=C(NCC(=O)N1CCN(c2ccccc2)CC1)c1cc([N+](=O)[O-])ccc1Cl. The van der Waals surface area contributed by atoms with Crippen molar-refractivity contribution in [2.75, 3.05) is 37.6 Å². The van der Waals surface area contributed by atoms with E-state index in [0.29, 0.717) is 26.2 Å². The maximum atomic E-state index is 12.4. The summed E-state index contributed by atoms with van der Waals surface area (Å²) in [7, 11) is 0. The Morgan fingerprint density at radius 2 is 1.75 bits per heavy atom. The number of nitro benzene ring substituents is 1. The summed E-state index contributed by atoms with van der Waals surface area (Å²) in [5, 5.41) is 13.4. The van der Waals surface area contributed by atoms with Crippen LogP contribution in [0, 0.1) is 10.1 Å². The molecule has 8 nitrogen and oxygen atoms in total. The number of amides is 2. The topological polar surface area (TPSA) is 95.8 Å². The first-order valence-corrected chi connectivity index (χ1v) is 9.13. The van der Waals surface area contributed by atoms with Crippen LogP contribution in [0.5, 0.6) is 0 Å². The highest BCUT2D eigenvalue weighted by Gasteiger charge is 2.22. The normalized spacial score (nSPS) is 13.9. The number of para-hydroxylation sites is 1. The van der Waals surface area contributed by atoms with Gasteiger partial charge >= 0.3 is 0 Å². The Labute approximate surface area is 166 Å². The molecule has 0 radical (unpaired) electrons. The van der Waals surface area contributed by atoms with E-state index in [1.165, 1.54) is 12.1 Å². The Bertz CT molecular complexity index is 883. The number of carbonyl (C=O) groups is 2. The number of nitro groups is 1. The zero-order chi connectivity index (χ0) is 20.1. The molecule has 0 bridgehead atoms. The summed E-state index contributed by atoms with van der Waals surface area (Å²) in [5.41, 5.74) is 0.846. The number of hydrogen-bond acceptors (Lipinski definition) is 5. The summed E-state index contributed by atoms with van der Waals surface area (Å²) in [6, 6.07) is 13.6. The number of piperazine rings is 1. The van der Waals surface area contributed by atoms with Crippen molar-refractivity contribution in [3.8, 4) is 0 Å². The maximum absolute atomic E-state index is 12.4. The van der Waals surface area contributed by atoms with E-state index in [9.17, 15) is 19.7 Å². The fourth-order valence-corrected chi connectivity index (χ4v) is 3.22. The smallest absolute Gasteiger partial charge is 0.270 e. The van der Waals surface area contributed by atoms with Crippen molar-refractivity contribution in [1.82, 2.24) is 10.2 Å². The van der Waals surface area contributed by atoms with E-state index in [-0.39, 0.29) is 28.7 Å². The molecular formula is C19H19ClN4O4. The second-order valence-corrected chi connectivity index (χ2v) is 6.71. The van der Waals surface area contributed by atoms with Crippen LogP contribution in [0.3, 0.4) is 0 Å². The molecule has 146 valence electrons. The van der Waals surface area contributed by atoms with Crippen LogP contribution >= 0.6 is 11.6 Å². The molecule has 28 heavy (non-hydrogen) atoms. The lowest BCUT2D eigenvalue weighted by Crippen LogP contribution is -2.51. The van der Waals surface area contributed by atoms with Gasteiger partial charge in [-0.2, -0.15) is 0 Å². The molecule has 0 saturated carbocycles. The summed E-state index contributed by atoms with van der Waals surface area (Å²) >= 11 is 5.95. The molecule has 0 spiro atoms. The molecule has 1 N–H and O–H groups in total. The Hall–Kier alpha value is -3.13. The first-order chi connectivity index (χ1) is 13.5. The highest BCUT2D eigenvalue weighted by atomic mass is 35.5. The van der Waals surface area contributed by atoms with Crippen molar-refractivity contribution in [1.29, 1.82) is 0 Å². The van der Waals surface area contributed by atoms with Crippen LogP contribution in [0.15, 0.2) is 48.5 Å². The molecule has 0 aromatic heterocycles. The Morgan fingerprint density at radius 1 is 1.07 bits per heavy atom. The quantitative estimate of drug-likeness (QED) is 0.611. The summed E-state index contributed by atoms with van der Waals surface area (Å²) in [6.45, 7) is 2.34. The molecule has 9 heteroatoms. The number of non-ortho nitro benzene ring substituents is 1. The third-order valence-electron chi connectivity index (χ3n) is 4.56. The van der Waals surface area contributed by atoms with Gasteiger partial charge in [0.1, 0.15) is 0 Å². The highest BCUT2D eigenvalue weighted by Crippen LogP contribution is 2.22. The van der Waals surface area contributed by atoms with Gasteiger partial charge in [-0.3, -0.25) is 19.7 Å². The molecule has 1 aliphatic rings. The number of nitrogens with zero attached hydrogens (tertiary/aromatic N) is 3. The van der Waals surface area contributed by atoms with Crippen LogP contribution in [0.1, 0.15) is 10.4 Å². The number of anilines is 1. The fourth-order valence-electron chi connectivity index (χ4n) is 3.02. The minimum absolute atomic E-state index is 0.0300. The largest absolute Gasteiger partial charge is 0.368 e. The molecule has 1 aliphatic heterocycles. The standard InChI is InChI=1S/C19H19ClN4O4/c20-17-7-6-15(24(27)28)12-16(17)19(26)21-13-18(25)23-10-8-22(9-11-23)14-4-2-1-3-5-14/h1-7,12H,8-11,13H2,(H,21,26). The van der Waals surface area contributed by atoms with E-state index >= 15 is 0 Å². The van der Waals surface area contributed by atoms with Gasteiger partial charge in [0.15, 0.2) is 0 Å². The number of benzene rings is 2. The average molecular weight is 403 g/mol. The van der Waals surface area contributed by atoms with Gasteiger partial charge in [0.2, 0.25) is 5.91 Å². The summed E-state index contributed by atoms with van der Waals surface area (Å²) < 4.78 is 0. The van der Waals surface area contributed by atoms with Crippen molar-refractivity contribution >= 4 is 34.8 Å². The van der Waals surface area contributed by atoms with Gasteiger partial charge < -0.3 is 15.1 Å². The molecular weight excluding hydrogens is 384 g/mol. The lowest BCUT2D eigenvalue weighted by Gasteiger charge is -2.36. The third-order valence-corrected chi connectivity index (χ3v) is 4.89.